The third kappa shape index (κ3) is 3.44. The zero-order valence-corrected chi connectivity index (χ0v) is 17.0. The second kappa shape index (κ2) is 6.92. The number of esters is 1. The minimum atomic E-state index is -0.617. The minimum Gasteiger partial charge on any atom is -0.452 e. The Hall–Kier alpha value is -3.34. The molecule has 1 aliphatic rings. The van der Waals surface area contributed by atoms with E-state index in [1.54, 1.807) is 45.0 Å². The van der Waals surface area contributed by atoms with Crippen LogP contribution in [0, 0.1) is 5.41 Å². The number of rotatable bonds is 3. The van der Waals surface area contributed by atoms with Gasteiger partial charge in [-0.3, -0.25) is 9.59 Å². The molecule has 29 heavy (non-hydrogen) atoms. The summed E-state index contributed by atoms with van der Waals surface area (Å²) >= 11 is 0. The highest BCUT2D eigenvalue weighted by atomic mass is 16.5. The lowest BCUT2D eigenvalue weighted by molar-refractivity contribution is -0.143. The maximum Gasteiger partial charge on any atom is 0.316 e. The van der Waals surface area contributed by atoms with E-state index in [0.29, 0.717) is 17.1 Å². The topological polar surface area (TPSA) is 57.5 Å². The van der Waals surface area contributed by atoms with Gasteiger partial charge < -0.3 is 14.0 Å². The summed E-state index contributed by atoms with van der Waals surface area (Å²) in [5.41, 5.74) is 1.89. The maximum atomic E-state index is 12.8. The largest absolute Gasteiger partial charge is 0.452 e. The molecule has 0 aliphatic carbocycles. The molecule has 0 saturated carbocycles. The summed E-state index contributed by atoms with van der Waals surface area (Å²) in [4.78, 5) is 24.9. The van der Waals surface area contributed by atoms with Crippen LogP contribution >= 0.6 is 0 Å². The molecule has 0 unspecified atom stereocenters. The van der Waals surface area contributed by atoms with Crippen LogP contribution in [0.25, 0.3) is 17.0 Å². The van der Waals surface area contributed by atoms with Crippen LogP contribution in [0.2, 0.25) is 0 Å². The molecule has 1 aromatic heterocycles. The predicted molar refractivity (Wildman–Crippen MR) is 112 cm³/mol. The molecule has 0 amide bonds. The summed E-state index contributed by atoms with van der Waals surface area (Å²) < 4.78 is 13.4. The molecular weight excluding hydrogens is 366 g/mol. The van der Waals surface area contributed by atoms with E-state index in [2.05, 4.69) is 17.6 Å². The van der Waals surface area contributed by atoms with Gasteiger partial charge in [0.2, 0.25) is 5.78 Å². The van der Waals surface area contributed by atoms with Gasteiger partial charge in [0.05, 0.1) is 11.0 Å². The van der Waals surface area contributed by atoms with Crippen molar-refractivity contribution in [1.82, 2.24) is 4.57 Å². The molecule has 0 N–H and O–H groups in total. The van der Waals surface area contributed by atoms with Crippen molar-refractivity contribution in [2.45, 2.75) is 34.2 Å². The first-order valence-corrected chi connectivity index (χ1v) is 9.66. The van der Waals surface area contributed by atoms with E-state index in [9.17, 15) is 9.59 Å². The Balaban J connectivity index is 1.66. The summed E-state index contributed by atoms with van der Waals surface area (Å²) in [5.74, 6) is 0.505. The minimum absolute atomic E-state index is 0.179. The Morgan fingerprint density at radius 2 is 1.93 bits per heavy atom. The number of ether oxygens (including phenoxy) is 2. The average molecular weight is 389 g/mol. The number of para-hydroxylation sites is 1. The normalized spacial score (nSPS) is 14.9. The zero-order valence-electron chi connectivity index (χ0n) is 17.0. The number of nitrogens with zero attached hydrogens (tertiary/aromatic N) is 1. The molecule has 0 bridgehead atoms. The van der Waals surface area contributed by atoms with Crippen molar-refractivity contribution in [3.63, 3.8) is 0 Å². The van der Waals surface area contributed by atoms with Crippen LogP contribution in [0.15, 0.2) is 54.4 Å². The SMILES string of the molecule is CCn1cc(/C=C2/Oc3cc(OC(=O)C(C)(C)C)ccc3C2=O)c2ccccc21. The number of aromatic nitrogens is 1. The number of fused-ring (bicyclic) bond motifs is 2. The lowest BCUT2D eigenvalue weighted by atomic mass is 9.97. The standard InChI is InChI=1S/C24H23NO4/c1-5-25-14-15(17-8-6-7-9-19(17)25)12-21-22(26)18-11-10-16(13-20(18)29-21)28-23(27)24(2,3)4/h6-14H,5H2,1-4H3/b21-12+. The van der Waals surface area contributed by atoms with Gasteiger partial charge in [0.25, 0.3) is 0 Å². The van der Waals surface area contributed by atoms with Crippen LogP contribution in [0.1, 0.15) is 43.6 Å². The summed E-state index contributed by atoms with van der Waals surface area (Å²) in [6.45, 7) is 8.28. The fourth-order valence-electron chi connectivity index (χ4n) is 3.28. The molecule has 4 rings (SSSR count). The van der Waals surface area contributed by atoms with Gasteiger partial charge in [-0.2, -0.15) is 0 Å². The second-order valence-corrected chi connectivity index (χ2v) is 8.12. The third-order valence-electron chi connectivity index (χ3n) is 4.91. The lowest BCUT2D eigenvalue weighted by Gasteiger charge is -2.16. The number of hydrogen-bond donors (Lipinski definition) is 0. The van der Waals surface area contributed by atoms with Crippen molar-refractivity contribution in [2.24, 2.45) is 5.41 Å². The van der Waals surface area contributed by atoms with Gasteiger partial charge in [0, 0.05) is 35.3 Å². The predicted octanol–water partition coefficient (Wildman–Crippen LogP) is 5.23. The zero-order chi connectivity index (χ0) is 20.8. The number of carbonyl (C=O) groups excluding carboxylic acids is 2. The monoisotopic (exact) mass is 389 g/mol. The quantitative estimate of drug-likeness (QED) is 0.350. The number of hydrogen-bond acceptors (Lipinski definition) is 4. The Labute approximate surface area is 169 Å². The highest BCUT2D eigenvalue weighted by Gasteiger charge is 2.29. The number of benzene rings is 2. The van der Waals surface area contributed by atoms with Gasteiger partial charge >= 0.3 is 5.97 Å². The van der Waals surface area contributed by atoms with E-state index >= 15 is 0 Å². The number of allylic oxidation sites excluding steroid dienone is 1. The van der Waals surface area contributed by atoms with E-state index in [1.165, 1.54) is 0 Å². The first kappa shape index (κ1) is 19.0. The summed E-state index contributed by atoms with van der Waals surface area (Å²) in [7, 11) is 0. The van der Waals surface area contributed by atoms with Crippen molar-refractivity contribution in [3.8, 4) is 11.5 Å². The Morgan fingerprint density at radius 1 is 1.17 bits per heavy atom. The summed E-state index contributed by atoms with van der Waals surface area (Å²) in [6.07, 6.45) is 3.80. The van der Waals surface area contributed by atoms with Gasteiger partial charge in [0.1, 0.15) is 11.5 Å². The Bertz CT molecular complexity index is 1160. The average Bonchev–Trinajstić information content (AvgIpc) is 3.19. The fraction of sp³-hybridized carbons (Fsp3) is 0.250. The molecule has 2 aromatic carbocycles. The first-order valence-electron chi connectivity index (χ1n) is 9.66. The van der Waals surface area contributed by atoms with Crippen molar-refractivity contribution in [3.05, 3.63) is 65.5 Å². The van der Waals surface area contributed by atoms with E-state index in [1.807, 2.05) is 24.4 Å². The van der Waals surface area contributed by atoms with Crippen LogP contribution < -0.4 is 9.47 Å². The molecule has 2 heterocycles. The molecule has 3 aromatic rings. The number of carbonyl (C=O) groups is 2. The molecule has 5 nitrogen and oxygen atoms in total. The maximum absolute atomic E-state index is 12.8. The van der Waals surface area contributed by atoms with Crippen molar-refractivity contribution < 1.29 is 19.1 Å². The fourth-order valence-corrected chi connectivity index (χ4v) is 3.28. The number of ketones is 1. The summed E-state index contributed by atoms with van der Waals surface area (Å²) in [5, 5.41) is 1.06. The molecule has 0 atom stereocenters. The molecular formula is C24H23NO4. The van der Waals surface area contributed by atoms with Crippen LogP contribution in [0.4, 0.5) is 0 Å². The molecule has 5 heteroatoms. The van der Waals surface area contributed by atoms with Crippen molar-refractivity contribution in [1.29, 1.82) is 0 Å². The first-order chi connectivity index (χ1) is 13.8. The van der Waals surface area contributed by atoms with Gasteiger partial charge in [-0.25, -0.2) is 0 Å². The summed E-state index contributed by atoms with van der Waals surface area (Å²) in [6, 6.07) is 12.9. The van der Waals surface area contributed by atoms with Gasteiger partial charge in [-0.05, 0) is 52.0 Å². The molecule has 0 radical (unpaired) electrons. The highest BCUT2D eigenvalue weighted by molar-refractivity contribution is 6.15. The van der Waals surface area contributed by atoms with E-state index in [-0.39, 0.29) is 17.5 Å². The van der Waals surface area contributed by atoms with Gasteiger partial charge in [0.15, 0.2) is 5.76 Å². The Morgan fingerprint density at radius 3 is 2.66 bits per heavy atom. The molecule has 1 aliphatic heterocycles. The van der Waals surface area contributed by atoms with E-state index in [0.717, 1.165) is 23.0 Å². The number of aryl methyl sites for hydroxylation is 1. The highest BCUT2D eigenvalue weighted by Crippen LogP contribution is 2.36. The van der Waals surface area contributed by atoms with Crippen LogP contribution in [-0.4, -0.2) is 16.3 Å². The van der Waals surface area contributed by atoms with Gasteiger partial charge in [-0.15, -0.1) is 0 Å². The molecule has 0 fully saturated rings. The molecule has 148 valence electrons. The van der Waals surface area contributed by atoms with E-state index < -0.39 is 5.41 Å². The third-order valence-corrected chi connectivity index (χ3v) is 4.91. The Kier molecular flexibility index (Phi) is 4.53. The van der Waals surface area contributed by atoms with Gasteiger partial charge in [-0.1, -0.05) is 18.2 Å². The smallest absolute Gasteiger partial charge is 0.316 e. The molecule has 0 saturated heterocycles. The van der Waals surface area contributed by atoms with E-state index in [4.69, 9.17) is 9.47 Å². The van der Waals surface area contributed by atoms with Crippen LogP contribution in [0.5, 0.6) is 11.5 Å². The lowest BCUT2D eigenvalue weighted by Crippen LogP contribution is -2.25. The van der Waals surface area contributed by atoms with Crippen LogP contribution in [0.3, 0.4) is 0 Å². The van der Waals surface area contributed by atoms with Crippen molar-refractivity contribution >= 4 is 28.7 Å². The molecule has 0 spiro atoms. The van der Waals surface area contributed by atoms with Crippen LogP contribution in [-0.2, 0) is 11.3 Å². The number of Topliss-reactive ketones (excluding diaryl/α,β-unsaturated/α-hetero) is 1. The second-order valence-electron chi connectivity index (χ2n) is 8.12. The van der Waals surface area contributed by atoms with Crippen molar-refractivity contribution in [2.75, 3.05) is 0 Å².